The van der Waals surface area contributed by atoms with Crippen molar-refractivity contribution < 1.29 is 0 Å². The summed E-state index contributed by atoms with van der Waals surface area (Å²) in [6.07, 6.45) is 5.17. The van der Waals surface area contributed by atoms with Gasteiger partial charge < -0.3 is 5.73 Å². The van der Waals surface area contributed by atoms with E-state index in [1.165, 1.54) is 0 Å². The van der Waals surface area contributed by atoms with Crippen molar-refractivity contribution in [3.8, 4) is 12.3 Å². The molecule has 0 spiro atoms. The predicted molar refractivity (Wildman–Crippen MR) is 52.0 cm³/mol. The Kier molecular flexibility index (Phi) is 2.75. The molecule has 1 aromatic carbocycles. The molecule has 2 heteroatoms. The molecule has 0 radical (unpaired) electrons. The molecule has 0 saturated heterocycles. The summed E-state index contributed by atoms with van der Waals surface area (Å²) >= 11 is 5.89. The van der Waals surface area contributed by atoms with Crippen molar-refractivity contribution in [2.75, 3.05) is 0 Å². The van der Waals surface area contributed by atoms with Gasteiger partial charge in [-0.15, -0.1) is 6.42 Å². The normalized spacial score (nSPS) is 12.2. The first-order chi connectivity index (χ1) is 5.65. The van der Waals surface area contributed by atoms with E-state index in [-0.39, 0.29) is 6.04 Å². The second-order valence-electron chi connectivity index (χ2n) is 2.65. The van der Waals surface area contributed by atoms with Gasteiger partial charge in [-0.2, -0.15) is 0 Å². The zero-order valence-corrected chi connectivity index (χ0v) is 7.60. The number of hydrogen-bond acceptors (Lipinski definition) is 1. The Morgan fingerprint density at radius 1 is 1.58 bits per heavy atom. The van der Waals surface area contributed by atoms with Gasteiger partial charge in [-0.3, -0.25) is 0 Å². The summed E-state index contributed by atoms with van der Waals surface area (Å²) < 4.78 is 0. The fourth-order valence-corrected chi connectivity index (χ4v) is 1.09. The molecule has 0 aromatic heterocycles. The lowest BCUT2D eigenvalue weighted by Crippen LogP contribution is -2.06. The van der Waals surface area contributed by atoms with E-state index in [4.69, 9.17) is 23.8 Å². The van der Waals surface area contributed by atoms with Gasteiger partial charge in [0.25, 0.3) is 0 Å². The SMILES string of the molecule is C#CC(N)c1ccc(C)c(Cl)c1. The van der Waals surface area contributed by atoms with Crippen LogP contribution in [0.5, 0.6) is 0 Å². The lowest BCUT2D eigenvalue weighted by Gasteiger charge is -2.05. The van der Waals surface area contributed by atoms with E-state index in [9.17, 15) is 0 Å². The van der Waals surface area contributed by atoms with Gasteiger partial charge in [0.1, 0.15) is 0 Å². The molecule has 1 atom stereocenters. The van der Waals surface area contributed by atoms with Crippen molar-refractivity contribution in [3.05, 3.63) is 34.3 Å². The molecule has 2 N–H and O–H groups in total. The summed E-state index contributed by atoms with van der Waals surface area (Å²) in [7, 11) is 0. The molecule has 0 aliphatic carbocycles. The number of nitrogens with two attached hydrogens (primary N) is 1. The van der Waals surface area contributed by atoms with Crippen LogP contribution in [0.2, 0.25) is 5.02 Å². The lowest BCUT2D eigenvalue weighted by atomic mass is 10.1. The second kappa shape index (κ2) is 3.62. The molecule has 1 nitrogen and oxygen atoms in total. The predicted octanol–water partition coefficient (Wildman–Crippen LogP) is 2.28. The van der Waals surface area contributed by atoms with Crippen molar-refractivity contribution in [3.63, 3.8) is 0 Å². The molecule has 1 unspecified atom stereocenters. The third kappa shape index (κ3) is 1.79. The maximum absolute atomic E-state index is 5.89. The van der Waals surface area contributed by atoms with Gasteiger partial charge in [0.2, 0.25) is 0 Å². The van der Waals surface area contributed by atoms with E-state index in [2.05, 4.69) is 5.92 Å². The zero-order chi connectivity index (χ0) is 9.14. The van der Waals surface area contributed by atoms with E-state index in [0.29, 0.717) is 5.02 Å². The van der Waals surface area contributed by atoms with Crippen molar-refractivity contribution in [1.29, 1.82) is 0 Å². The summed E-state index contributed by atoms with van der Waals surface area (Å²) in [6, 6.07) is 5.25. The van der Waals surface area contributed by atoms with Crippen LogP contribution < -0.4 is 5.73 Å². The van der Waals surface area contributed by atoms with Crippen LogP contribution in [0.1, 0.15) is 17.2 Å². The highest BCUT2D eigenvalue weighted by molar-refractivity contribution is 6.31. The van der Waals surface area contributed by atoms with E-state index in [0.717, 1.165) is 11.1 Å². The highest BCUT2D eigenvalue weighted by Gasteiger charge is 2.03. The van der Waals surface area contributed by atoms with Gasteiger partial charge in [-0.25, -0.2) is 0 Å². The maximum atomic E-state index is 5.89. The minimum absolute atomic E-state index is 0.358. The van der Waals surface area contributed by atoms with Crippen LogP contribution in [0.3, 0.4) is 0 Å². The molecule has 0 saturated carbocycles. The maximum Gasteiger partial charge on any atom is 0.0918 e. The standard InChI is InChI=1S/C10H10ClN/c1-3-10(12)8-5-4-7(2)9(11)6-8/h1,4-6,10H,12H2,2H3. The van der Waals surface area contributed by atoms with Gasteiger partial charge >= 0.3 is 0 Å². The van der Waals surface area contributed by atoms with Crippen LogP contribution in [0.15, 0.2) is 18.2 Å². The third-order valence-electron chi connectivity index (χ3n) is 1.73. The van der Waals surface area contributed by atoms with Gasteiger partial charge in [-0.1, -0.05) is 29.7 Å². The zero-order valence-electron chi connectivity index (χ0n) is 6.84. The molecule has 0 aliphatic heterocycles. The lowest BCUT2D eigenvalue weighted by molar-refractivity contribution is 0.945. The topological polar surface area (TPSA) is 26.0 Å². The Bertz CT molecular complexity index is 325. The summed E-state index contributed by atoms with van der Waals surface area (Å²) in [5, 5.41) is 0.707. The minimum Gasteiger partial charge on any atom is -0.314 e. The Balaban J connectivity index is 3.06. The number of benzene rings is 1. The van der Waals surface area contributed by atoms with Crippen molar-refractivity contribution in [2.24, 2.45) is 5.73 Å². The Morgan fingerprint density at radius 2 is 2.25 bits per heavy atom. The average molecular weight is 180 g/mol. The molecule has 1 aromatic rings. The fraction of sp³-hybridized carbons (Fsp3) is 0.200. The summed E-state index contributed by atoms with van der Waals surface area (Å²) in [4.78, 5) is 0. The van der Waals surface area contributed by atoms with Crippen molar-refractivity contribution >= 4 is 11.6 Å². The largest absolute Gasteiger partial charge is 0.314 e. The van der Waals surface area contributed by atoms with Crippen molar-refractivity contribution in [1.82, 2.24) is 0 Å². The number of halogens is 1. The Labute approximate surface area is 77.5 Å². The van der Waals surface area contributed by atoms with Gasteiger partial charge in [0, 0.05) is 5.02 Å². The van der Waals surface area contributed by atoms with Gasteiger partial charge in [0.05, 0.1) is 6.04 Å². The smallest absolute Gasteiger partial charge is 0.0918 e. The molecule has 0 bridgehead atoms. The molecule has 0 aliphatic rings. The third-order valence-corrected chi connectivity index (χ3v) is 2.14. The van der Waals surface area contributed by atoms with E-state index in [1.807, 2.05) is 19.1 Å². The van der Waals surface area contributed by atoms with Crippen LogP contribution in [-0.2, 0) is 0 Å². The summed E-state index contributed by atoms with van der Waals surface area (Å²) in [5.74, 6) is 2.45. The quantitative estimate of drug-likeness (QED) is 0.658. The minimum atomic E-state index is -0.358. The van der Waals surface area contributed by atoms with Gasteiger partial charge in [0.15, 0.2) is 0 Å². The molecular weight excluding hydrogens is 170 g/mol. The molecule has 62 valence electrons. The molecule has 0 fully saturated rings. The number of terminal acetylenes is 1. The molecule has 0 heterocycles. The molecule has 1 rings (SSSR count). The highest BCUT2D eigenvalue weighted by Crippen LogP contribution is 2.19. The van der Waals surface area contributed by atoms with Crippen LogP contribution >= 0.6 is 11.6 Å². The van der Waals surface area contributed by atoms with Crippen LogP contribution in [0.4, 0.5) is 0 Å². The average Bonchev–Trinajstić information content (AvgIpc) is 2.08. The van der Waals surface area contributed by atoms with Crippen LogP contribution in [0, 0.1) is 19.3 Å². The summed E-state index contributed by atoms with van der Waals surface area (Å²) in [6.45, 7) is 1.94. The first-order valence-electron chi connectivity index (χ1n) is 3.63. The summed E-state index contributed by atoms with van der Waals surface area (Å²) in [5.41, 5.74) is 7.53. The Morgan fingerprint density at radius 3 is 2.75 bits per heavy atom. The number of hydrogen-bond donors (Lipinski definition) is 1. The first-order valence-corrected chi connectivity index (χ1v) is 4.00. The fourth-order valence-electron chi connectivity index (χ4n) is 0.899. The second-order valence-corrected chi connectivity index (χ2v) is 3.06. The highest BCUT2D eigenvalue weighted by atomic mass is 35.5. The van der Waals surface area contributed by atoms with Crippen LogP contribution in [0.25, 0.3) is 0 Å². The first kappa shape index (κ1) is 9.12. The monoisotopic (exact) mass is 179 g/mol. The molecule has 12 heavy (non-hydrogen) atoms. The van der Waals surface area contributed by atoms with Gasteiger partial charge in [-0.05, 0) is 24.1 Å². The van der Waals surface area contributed by atoms with Crippen molar-refractivity contribution in [2.45, 2.75) is 13.0 Å². The van der Waals surface area contributed by atoms with E-state index in [1.54, 1.807) is 6.07 Å². The van der Waals surface area contributed by atoms with E-state index >= 15 is 0 Å². The molecule has 0 amide bonds. The Hall–Kier alpha value is -0.970. The molecular formula is C10H10ClN. The number of aryl methyl sites for hydroxylation is 1. The van der Waals surface area contributed by atoms with E-state index < -0.39 is 0 Å². The number of rotatable bonds is 1. The van der Waals surface area contributed by atoms with Crippen LogP contribution in [-0.4, -0.2) is 0 Å².